The molecule has 1 aliphatic heterocycles. The summed E-state index contributed by atoms with van der Waals surface area (Å²) in [5.74, 6) is 1.23. The highest BCUT2D eigenvalue weighted by molar-refractivity contribution is 7.17. The number of fused-ring (bicyclic) bond motifs is 1. The van der Waals surface area contributed by atoms with Crippen molar-refractivity contribution in [2.24, 2.45) is 0 Å². The third-order valence-corrected chi connectivity index (χ3v) is 4.64. The maximum absolute atomic E-state index is 12.0. The Kier molecular flexibility index (Phi) is 7.98. The molecule has 1 N–H and O–H groups in total. The number of nitrogens with zero attached hydrogens (tertiary/aromatic N) is 4. The lowest BCUT2D eigenvalue weighted by molar-refractivity contribution is -0.131. The van der Waals surface area contributed by atoms with E-state index in [4.69, 9.17) is 0 Å². The average Bonchev–Trinajstić information content (AvgIpc) is 3.01. The molecule has 3 heterocycles. The van der Waals surface area contributed by atoms with Crippen LogP contribution in [0.2, 0.25) is 0 Å². The van der Waals surface area contributed by atoms with Gasteiger partial charge in [-0.05, 0) is 18.5 Å². The normalized spacial score (nSPS) is 14.3. The van der Waals surface area contributed by atoms with E-state index >= 15 is 0 Å². The van der Waals surface area contributed by atoms with Crippen molar-refractivity contribution in [2.75, 3.05) is 44.7 Å². The summed E-state index contributed by atoms with van der Waals surface area (Å²) in [6, 6.07) is 2.02. The van der Waals surface area contributed by atoms with Gasteiger partial charge in [-0.3, -0.25) is 4.79 Å². The zero-order valence-electron chi connectivity index (χ0n) is 12.9. The van der Waals surface area contributed by atoms with E-state index in [1.165, 1.54) is 0 Å². The van der Waals surface area contributed by atoms with Crippen LogP contribution in [0.25, 0.3) is 10.2 Å². The van der Waals surface area contributed by atoms with E-state index in [1.54, 1.807) is 17.7 Å². The number of nitrogens with one attached hydrogen (secondary N) is 1. The molecule has 1 aliphatic rings. The summed E-state index contributed by atoms with van der Waals surface area (Å²) in [5, 5.41) is 5.06. The fraction of sp³-hybridized carbons (Fsp3) is 0.500. The van der Waals surface area contributed by atoms with Gasteiger partial charge in [0.25, 0.3) is 0 Å². The fourth-order valence-corrected chi connectivity index (χ4v) is 3.42. The molecule has 6 nitrogen and oxygen atoms in total. The monoisotopic (exact) mass is 377 g/mol. The predicted molar refractivity (Wildman–Crippen MR) is 99.2 cm³/mol. The van der Waals surface area contributed by atoms with E-state index in [2.05, 4.69) is 20.2 Å². The molecular weight excluding hydrogens is 357 g/mol. The molecule has 3 rings (SSSR count). The van der Waals surface area contributed by atoms with Crippen LogP contribution < -0.4 is 10.2 Å². The highest BCUT2D eigenvalue weighted by Gasteiger charge is 2.22. The van der Waals surface area contributed by atoms with Crippen LogP contribution in [0.5, 0.6) is 0 Å². The minimum Gasteiger partial charge on any atom is -0.352 e. The van der Waals surface area contributed by atoms with E-state index in [1.807, 2.05) is 23.4 Å². The van der Waals surface area contributed by atoms with Crippen molar-refractivity contribution >= 4 is 58.1 Å². The van der Waals surface area contributed by atoms with E-state index in [0.717, 1.165) is 48.8 Å². The third kappa shape index (κ3) is 4.44. The van der Waals surface area contributed by atoms with Gasteiger partial charge in [-0.1, -0.05) is 0 Å². The fourth-order valence-electron chi connectivity index (χ4n) is 2.56. The van der Waals surface area contributed by atoms with Crippen molar-refractivity contribution in [2.45, 2.75) is 6.42 Å². The van der Waals surface area contributed by atoms with Gasteiger partial charge in [0, 0.05) is 39.1 Å². The average molecular weight is 378 g/mol. The van der Waals surface area contributed by atoms with Crippen LogP contribution in [-0.2, 0) is 4.79 Å². The molecule has 0 aromatic carbocycles. The number of carbonyl (C=O) groups excluding carboxylic acids is 1. The zero-order valence-corrected chi connectivity index (χ0v) is 15.3. The molecule has 1 fully saturated rings. The first-order valence-electron chi connectivity index (χ1n) is 7.15. The van der Waals surface area contributed by atoms with Crippen LogP contribution in [0.1, 0.15) is 6.42 Å². The summed E-state index contributed by atoms with van der Waals surface area (Å²) in [5.41, 5.74) is 0.998. The molecule has 2 aromatic rings. The second-order valence-electron chi connectivity index (χ2n) is 5.05. The molecule has 0 radical (unpaired) electrons. The molecule has 0 unspecified atom stereocenters. The molecule has 0 aliphatic carbocycles. The van der Waals surface area contributed by atoms with Gasteiger partial charge < -0.3 is 15.1 Å². The number of hydrogen-bond acceptors (Lipinski definition) is 6. The number of piperazine rings is 1. The molecule has 23 heavy (non-hydrogen) atoms. The van der Waals surface area contributed by atoms with Gasteiger partial charge >= 0.3 is 0 Å². The van der Waals surface area contributed by atoms with Crippen LogP contribution >= 0.6 is 36.2 Å². The SMILES string of the molecule is CNCCC(=O)N1CCN(c2ncnc3ccsc23)CC1.Cl.Cl. The van der Waals surface area contributed by atoms with Gasteiger partial charge in [-0.15, -0.1) is 36.2 Å². The number of aromatic nitrogens is 2. The molecule has 0 saturated carbocycles. The van der Waals surface area contributed by atoms with Crippen molar-refractivity contribution in [1.29, 1.82) is 0 Å². The molecule has 1 saturated heterocycles. The molecule has 1 amide bonds. The maximum atomic E-state index is 12.0. The quantitative estimate of drug-likeness (QED) is 0.879. The van der Waals surface area contributed by atoms with E-state index in [-0.39, 0.29) is 30.7 Å². The Hall–Kier alpha value is -1.15. The first-order valence-corrected chi connectivity index (χ1v) is 8.03. The number of halogens is 2. The Morgan fingerprint density at radius 3 is 2.70 bits per heavy atom. The topological polar surface area (TPSA) is 61.4 Å². The van der Waals surface area contributed by atoms with Crippen LogP contribution in [0, 0.1) is 0 Å². The Bertz CT molecular complexity index is 630. The van der Waals surface area contributed by atoms with Crippen molar-refractivity contribution in [1.82, 2.24) is 20.2 Å². The number of amides is 1. The number of carbonyl (C=O) groups is 1. The summed E-state index contributed by atoms with van der Waals surface area (Å²) in [6.07, 6.45) is 2.19. The van der Waals surface area contributed by atoms with E-state index in [0.29, 0.717) is 6.42 Å². The molecule has 0 atom stereocenters. The molecule has 9 heteroatoms. The van der Waals surface area contributed by atoms with Gasteiger partial charge in [0.2, 0.25) is 5.91 Å². The lowest BCUT2D eigenvalue weighted by Crippen LogP contribution is -2.49. The van der Waals surface area contributed by atoms with Gasteiger partial charge in [-0.2, -0.15) is 0 Å². The zero-order chi connectivity index (χ0) is 14.7. The number of thiophene rings is 1. The van der Waals surface area contributed by atoms with Gasteiger partial charge in [0.15, 0.2) is 0 Å². The Balaban J connectivity index is 0.00000132. The molecule has 0 spiro atoms. The van der Waals surface area contributed by atoms with Crippen LogP contribution in [0.3, 0.4) is 0 Å². The van der Waals surface area contributed by atoms with Crippen molar-refractivity contribution in [3.05, 3.63) is 17.8 Å². The van der Waals surface area contributed by atoms with Crippen molar-refractivity contribution in [3.8, 4) is 0 Å². The second-order valence-corrected chi connectivity index (χ2v) is 5.97. The number of rotatable bonds is 4. The first-order chi connectivity index (χ1) is 10.3. The van der Waals surface area contributed by atoms with E-state index in [9.17, 15) is 4.79 Å². The first kappa shape index (κ1) is 19.9. The summed E-state index contributed by atoms with van der Waals surface area (Å²) < 4.78 is 1.13. The highest BCUT2D eigenvalue weighted by Crippen LogP contribution is 2.28. The molecule has 2 aromatic heterocycles. The summed E-state index contributed by atoms with van der Waals surface area (Å²) in [4.78, 5) is 24.9. The Labute approximate surface area is 152 Å². The highest BCUT2D eigenvalue weighted by atomic mass is 35.5. The molecular formula is C14H21Cl2N5OS. The van der Waals surface area contributed by atoms with Gasteiger partial charge in [0.05, 0.1) is 10.2 Å². The summed E-state index contributed by atoms with van der Waals surface area (Å²) >= 11 is 1.67. The molecule has 128 valence electrons. The van der Waals surface area contributed by atoms with Crippen LogP contribution in [0.4, 0.5) is 5.82 Å². The third-order valence-electron chi connectivity index (χ3n) is 3.75. The largest absolute Gasteiger partial charge is 0.352 e. The van der Waals surface area contributed by atoms with E-state index < -0.39 is 0 Å². The summed E-state index contributed by atoms with van der Waals surface area (Å²) in [7, 11) is 1.87. The smallest absolute Gasteiger partial charge is 0.223 e. The second kappa shape index (κ2) is 9.22. The standard InChI is InChI=1S/C14H19N5OS.2ClH/c1-15-4-2-12(20)18-5-7-19(8-6-18)14-13-11(3-9-21-13)16-10-17-14;;/h3,9-10,15H,2,4-8H2,1H3;2*1H. The Morgan fingerprint density at radius 1 is 1.26 bits per heavy atom. The lowest BCUT2D eigenvalue weighted by atomic mass is 10.2. The predicted octanol–water partition coefficient (Wildman–Crippen LogP) is 1.79. The minimum absolute atomic E-state index is 0. The molecule has 0 bridgehead atoms. The number of hydrogen-bond donors (Lipinski definition) is 1. The van der Waals surface area contributed by atoms with Crippen molar-refractivity contribution in [3.63, 3.8) is 0 Å². The Morgan fingerprint density at radius 2 is 2.00 bits per heavy atom. The summed E-state index contributed by atoms with van der Waals surface area (Å²) in [6.45, 7) is 3.92. The minimum atomic E-state index is 0. The van der Waals surface area contributed by atoms with Gasteiger partial charge in [0.1, 0.15) is 12.1 Å². The lowest BCUT2D eigenvalue weighted by Gasteiger charge is -2.35. The maximum Gasteiger partial charge on any atom is 0.223 e. The van der Waals surface area contributed by atoms with Crippen LogP contribution in [-0.4, -0.2) is 60.5 Å². The van der Waals surface area contributed by atoms with Crippen molar-refractivity contribution < 1.29 is 4.79 Å². The van der Waals surface area contributed by atoms with Gasteiger partial charge in [-0.25, -0.2) is 9.97 Å². The van der Waals surface area contributed by atoms with Crippen LogP contribution in [0.15, 0.2) is 17.8 Å². The number of anilines is 1.